The van der Waals surface area contributed by atoms with Crippen LogP contribution in [0, 0.1) is 5.92 Å². The number of benzene rings is 1. The van der Waals surface area contributed by atoms with E-state index in [9.17, 15) is 0 Å². The van der Waals surface area contributed by atoms with Crippen LogP contribution in [0.3, 0.4) is 0 Å². The number of hydrogen-bond acceptors (Lipinski definition) is 4. The van der Waals surface area contributed by atoms with E-state index in [1.54, 1.807) is 0 Å². The molecule has 1 aliphatic heterocycles. The molecule has 0 spiro atoms. The predicted octanol–water partition coefficient (Wildman–Crippen LogP) is 3.16. The van der Waals surface area contributed by atoms with E-state index in [1.165, 1.54) is 25.9 Å². The molecule has 1 N–H and O–H groups in total. The number of aromatic nitrogens is 2. The van der Waals surface area contributed by atoms with Crippen LogP contribution < -0.4 is 5.32 Å². The number of fused-ring (bicyclic) bond motifs is 1. The Hall–Kier alpha value is -1.68. The highest BCUT2D eigenvalue weighted by molar-refractivity contribution is 5.75. The zero-order valence-electron chi connectivity index (χ0n) is 12.9. The second-order valence-electron chi connectivity index (χ2n) is 6.18. The molecule has 2 heterocycles. The fourth-order valence-corrected chi connectivity index (χ4v) is 3.11. The molecule has 3 rings (SSSR count). The van der Waals surface area contributed by atoms with Crippen LogP contribution in [0.4, 0.5) is 5.82 Å². The van der Waals surface area contributed by atoms with E-state index >= 15 is 0 Å². The van der Waals surface area contributed by atoms with Gasteiger partial charge in [-0.05, 0) is 44.0 Å². The third-order valence-electron chi connectivity index (χ3n) is 4.32. The van der Waals surface area contributed by atoms with E-state index < -0.39 is 0 Å². The van der Waals surface area contributed by atoms with Crippen molar-refractivity contribution in [3.05, 3.63) is 30.5 Å². The lowest BCUT2D eigenvalue weighted by Crippen LogP contribution is -2.42. The van der Waals surface area contributed by atoms with Crippen LogP contribution in [0.5, 0.6) is 0 Å². The van der Waals surface area contributed by atoms with Crippen molar-refractivity contribution in [1.82, 2.24) is 14.9 Å². The SMILES string of the molecule is CC(C)C(CNc1cnc2ccccc2n1)N1CCCC1. The molecule has 0 radical (unpaired) electrons. The third-order valence-corrected chi connectivity index (χ3v) is 4.32. The van der Waals surface area contributed by atoms with Gasteiger partial charge in [0.2, 0.25) is 0 Å². The van der Waals surface area contributed by atoms with Crippen LogP contribution in [-0.4, -0.2) is 40.5 Å². The maximum Gasteiger partial charge on any atom is 0.145 e. The first-order valence-electron chi connectivity index (χ1n) is 7.94. The molecule has 2 aromatic rings. The topological polar surface area (TPSA) is 41.1 Å². The summed E-state index contributed by atoms with van der Waals surface area (Å²) < 4.78 is 0. The summed E-state index contributed by atoms with van der Waals surface area (Å²) in [6.45, 7) is 8.00. The quantitative estimate of drug-likeness (QED) is 0.915. The summed E-state index contributed by atoms with van der Waals surface area (Å²) in [7, 11) is 0. The highest BCUT2D eigenvalue weighted by Crippen LogP contribution is 2.18. The van der Waals surface area contributed by atoms with Gasteiger partial charge in [0.15, 0.2) is 0 Å². The third kappa shape index (κ3) is 3.32. The number of anilines is 1. The van der Waals surface area contributed by atoms with Gasteiger partial charge in [0.05, 0.1) is 17.2 Å². The molecular formula is C17H24N4. The number of nitrogens with zero attached hydrogens (tertiary/aromatic N) is 3. The zero-order chi connectivity index (χ0) is 14.7. The van der Waals surface area contributed by atoms with E-state index in [0.29, 0.717) is 12.0 Å². The molecule has 1 aliphatic rings. The van der Waals surface area contributed by atoms with Crippen molar-refractivity contribution in [1.29, 1.82) is 0 Å². The Bertz CT molecular complexity index is 590. The van der Waals surface area contributed by atoms with Gasteiger partial charge in [0.1, 0.15) is 5.82 Å². The van der Waals surface area contributed by atoms with Crippen molar-refractivity contribution in [2.45, 2.75) is 32.7 Å². The van der Waals surface area contributed by atoms with Crippen LogP contribution in [0.15, 0.2) is 30.5 Å². The van der Waals surface area contributed by atoms with Crippen molar-refractivity contribution < 1.29 is 0 Å². The Kier molecular flexibility index (Phi) is 4.34. The number of rotatable bonds is 5. The van der Waals surface area contributed by atoms with E-state index in [1.807, 2.05) is 30.5 Å². The summed E-state index contributed by atoms with van der Waals surface area (Å²) in [5.41, 5.74) is 1.90. The number of hydrogen-bond donors (Lipinski definition) is 1. The smallest absolute Gasteiger partial charge is 0.145 e. The standard InChI is InChI=1S/C17H24N4/c1-13(2)16(21-9-5-6-10-21)11-19-17-12-18-14-7-3-4-8-15(14)20-17/h3-4,7-8,12-13,16H,5-6,9-11H2,1-2H3,(H,19,20). The monoisotopic (exact) mass is 284 g/mol. The van der Waals surface area contributed by atoms with E-state index in [-0.39, 0.29) is 0 Å². The minimum atomic E-state index is 0.570. The van der Waals surface area contributed by atoms with Crippen molar-refractivity contribution in [3.8, 4) is 0 Å². The summed E-state index contributed by atoms with van der Waals surface area (Å²) in [5.74, 6) is 1.52. The molecule has 1 atom stereocenters. The molecule has 1 unspecified atom stereocenters. The van der Waals surface area contributed by atoms with Crippen LogP contribution in [-0.2, 0) is 0 Å². The molecule has 0 aliphatic carbocycles. The van der Waals surface area contributed by atoms with Gasteiger partial charge in [0, 0.05) is 12.6 Å². The maximum absolute atomic E-state index is 4.64. The van der Waals surface area contributed by atoms with Gasteiger partial charge < -0.3 is 5.32 Å². The lowest BCUT2D eigenvalue weighted by atomic mass is 10.0. The molecule has 4 nitrogen and oxygen atoms in total. The first kappa shape index (κ1) is 14.3. The molecular weight excluding hydrogens is 260 g/mol. The Balaban J connectivity index is 1.69. The van der Waals surface area contributed by atoms with Crippen LogP contribution >= 0.6 is 0 Å². The molecule has 1 aromatic carbocycles. The second kappa shape index (κ2) is 6.39. The largest absolute Gasteiger partial charge is 0.367 e. The molecule has 1 aromatic heterocycles. The van der Waals surface area contributed by atoms with E-state index in [2.05, 4.69) is 34.0 Å². The predicted molar refractivity (Wildman–Crippen MR) is 87.5 cm³/mol. The Morgan fingerprint density at radius 3 is 2.57 bits per heavy atom. The maximum atomic E-state index is 4.64. The lowest BCUT2D eigenvalue weighted by Gasteiger charge is -2.31. The summed E-state index contributed by atoms with van der Waals surface area (Å²) >= 11 is 0. The number of nitrogens with one attached hydrogen (secondary N) is 1. The second-order valence-corrected chi connectivity index (χ2v) is 6.18. The normalized spacial score (nSPS) is 17.5. The molecule has 112 valence electrons. The zero-order valence-corrected chi connectivity index (χ0v) is 12.9. The van der Waals surface area contributed by atoms with Crippen molar-refractivity contribution in [3.63, 3.8) is 0 Å². The molecule has 21 heavy (non-hydrogen) atoms. The van der Waals surface area contributed by atoms with Gasteiger partial charge in [-0.25, -0.2) is 4.98 Å². The lowest BCUT2D eigenvalue weighted by molar-refractivity contribution is 0.201. The Labute approximate surface area is 126 Å². The molecule has 0 bridgehead atoms. The molecule has 1 saturated heterocycles. The van der Waals surface area contributed by atoms with Gasteiger partial charge in [-0.3, -0.25) is 9.88 Å². The van der Waals surface area contributed by atoms with Gasteiger partial charge >= 0.3 is 0 Å². The number of likely N-dealkylation sites (tertiary alicyclic amines) is 1. The average Bonchev–Trinajstić information content (AvgIpc) is 3.01. The van der Waals surface area contributed by atoms with E-state index in [4.69, 9.17) is 0 Å². The fourth-order valence-electron chi connectivity index (χ4n) is 3.11. The minimum absolute atomic E-state index is 0.570. The van der Waals surface area contributed by atoms with Crippen LogP contribution in [0.1, 0.15) is 26.7 Å². The van der Waals surface area contributed by atoms with Crippen molar-refractivity contribution >= 4 is 16.9 Å². The number of para-hydroxylation sites is 2. The Morgan fingerprint density at radius 2 is 1.86 bits per heavy atom. The van der Waals surface area contributed by atoms with Crippen LogP contribution in [0.25, 0.3) is 11.0 Å². The molecule has 0 saturated carbocycles. The van der Waals surface area contributed by atoms with Crippen LogP contribution in [0.2, 0.25) is 0 Å². The van der Waals surface area contributed by atoms with Gasteiger partial charge in [-0.1, -0.05) is 26.0 Å². The van der Waals surface area contributed by atoms with Crippen molar-refractivity contribution in [2.24, 2.45) is 5.92 Å². The van der Waals surface area contributed by atoms with Gasteiger partial charge in [0.25, 0.3) is 0 Å². The molecule has 0 amide bonds. The first-order valence-corrected chi connectivity index (χ1v) is 7.94. The summed E-state index contributed by atoms with van der Waals surface area (Å²) in [5, 5.41) is 3.48. The highest BCUT2D eigenvalue weighted by atomic mass is 15.2. The van der Waals surface area contributed by atoms with Crippen molar-refractivity contribution in [2.75, 3.05) is 25.0 Å². The van der Waals surface area contributed by atoms with E-state index in [0.717, 1.165) is 23.4 Å². The van der Waals surface area contributed by atoms with Gasteiger partial charge in [-0.2, -0.15) is 0 Å². The summed E-state index contributed by atoms with van der Waals surface area (Å²) in [4.78, 5) is 11.7. The Morgan fingerprint density at radius 1 is 1.14 bits per heavy atom. The summed E-state index contributed by atoms with van der Waals surface area (Å²) in [6, 6.07) is 8.57. The average molecular weight is 284 g/mol. The first-order chi connectivity index (χ1) is 10.2. The highest BCUT2D eigenvalue weighted by Gasteiger charge is 2.24. The minimum Gasteiger partial charge on any atom is -0.367 e. The fraction of sp³-hybridized carbons (Fsp3) is 0.529. The summed E-state index contributed by atoms with van der Waals surface area (Å²) in [6.07, 6.45) is 4.50. The van der Waals surface area contributed by atoms with Gasteiger partial charge in [-0.15, -0.1) is 0 Å². The molecule has 1 fully saturated rings. The molecule has 4 heteroatoms.